The van der Waals surface area contributed by atoms with Gasteiger partial charge >= 0.3 is 0 Å². The topological polar surface area (TPSA) is 9.23 Å². The maximum atomic E-state index is 4.96. The van der Waals surface area contributed by atoms with Gasteiger partial charge in [-0.05, 0) is 6.42 Å². The molecule has 0 N–H and O–H groups in total. The van der Waals surface area contributed by atoms with Crippen molar-refractivity contribution < 1.29 is 4.74 Å². The summed E-state index contributed by atoms with van der Waals surface area (Å²) in [6.45, 7) is 12.5. The van der Waals surface area contributed by atoms with E-state index in [9.17, 15) is 0 Å². The molecule has 0 radical (unpaired) electrons. The molecule has 0 aromatic carbocycles. The summed E-state index contributed by atoms with van der Waals surface area (Å²) in [6.07, 6.45) is 2.23. The van der Waals surface area contributed by atoms with Crippen LogP contribution in [0.15, 0.2) is 12.3 Å². The Hall–Kier alpha value is -0.460. The molecule has 0 aromatic rings. The van der Waals surface area contributed by atoms with Crippen molar-refractivity contribution in [3.8, 4) is 0 Å². The van der Waals surface area contributed by atoms with Crippen molar-refractivity contribution >= 4 is 0 Å². The van der Waals surface area contributed by atoms with Crippen LogP contribution in [-0.2, 0) is 4.74 Å². The van der Waals surface area contributed by atoms with Crippen LogP contribution in [0.1, 0.15) is 40.5 Å². The Bertz CT molecular complexity index is 59.1. The maximum absolute atomic E-state index is 4.96. The maximum Gasteiger partial charge on any atom is 0.0889 e. The predicted molar refractivity (Wildman–Crippen MR) is 47.0 cm³/mol. The van der Waals surface area contributed by atoms with Crippen molar-refractivity contribution in [3.63, 3.8) is 0 Å². The second-order valence-electron chi connectivity index (χ2n) is 1.49. The van der Waals surface area contributed by atoms with Crippen molar-refractivity contribution in [2.75, 3.05) is 6.61 Å². The fourth-order valence-corrected chi connectivity index (χ4v) is 0.558. The lowest BCUT2D eigenvalue weighted by atomic mass is 10.3. The van der Waals surface area contributed by atoms with Gasteiger partial charge in [0.25, 0.3) is 0 Å². The lowest BCUT2D eigenvalue weighted by Gasteiger charge is -1.87. The molecule has 1 saturated heterocycles. The van der Waals surface area contributed by atoms with Gasteiger partial charge in [-0.2, -0.15) is 0 Å². The third-order valence-electron chi connectivity index (χ3n) is 0.906. The summed E-state index contributed by atoms with van der Waals surface area (Å²) in [5.74, 6) is 0.954. The van der Waals surface area contributed by atoms with Crippen LogP contribution in [0, 0.1) is 0 Å². The van der Waals surface area contributed by atoms with Crippen LogP contribution in [0.25, 0.3) is 0 Å². The normalized spacial score (nSPS) is 13.8. The number of rotatable bonds is 0. The van der Waals surface area contributed by atoms with E-state index in [1.807, 2.05) is 27.7 Å². The summed E-state index contributed by atoms with van der Waals surface area (Å²) in [6, 6.07) is 0. The van der Waals surface area contributed by atoms with Crippen LogP contribution in [0.2, 0.25) is 0 Å². The van der Waals surface area contributed by atoms with Gasteiger partial charge in [0.1, 0.15) is 0 Å². The quantitative estimate of drug-likeness (QED) is 0.506. The first-order valence-corrected chi connectivity index (χ1v) is 4.20. The molecule has 0 atom stereocenters. The minimum Gasteiger partial charge on any atom is -0.499 e. The van der Waals surface area contributed by atoms with Crippen LogP contribution < -0.4 is 0 Å². The molecule has 0 spiro atoms. The highest BCUT2D eigenvalue weighted by molar-refractivity contribution is 4.85. The van der Waals surface area contributed by atoms with Gasteiger partial charge in [-0.15, -0.1) is 0 Å². The molecule has 1 fully saturated rings. The zero-order valence-electron chi connectivity index (χ0n) is 7.74. The van der Waals surface area contributed by atoms with Crippen LogP contribution >= 0.6 is 0 Å². The van der Waals surface area contributed by atoms with Crippen LogP contribution in [0.5, 0.6) is 0 Å². The Labute approximate surface area is 65.1 Å². The summed E-state index contributed by atoms with van der Waals surface area (Å²) in [5, 5.41) is 0. The van der Waals surface area contributed by atoms with E-state index in [1.165, 1.54) is 6.42 Å². The summed E-state index contributed by atoms with van der Waals surface area (Å²) in [5.41, 5.74) is 0. The monoisotopic (exact) mass is 144 g/mol. The molecule has 0 aromatic heterocycles. The smallest absolute Gasteiger partial charge is 0.0889 e. The van der Waals surface area contributed by atoms with Crippen LogP contribution in [-0.4, -0.2) is 6.61 Å². The molecule has 1 aliphatic heterocycles. The Morgan fingerprint density at radius 2 is 1.70 bits per heavy atom. The molecule has 1 aliphatic rings. The molecule has 1 rings (SSSR count). The Kier molecular flexibility index (Phi) is 13.9. The van der Waals surface area contributed by atoms with Gasteiger partial charge in [-0.3, -0.25) is 0 Å². The molecule has 10 heavy (non-hydrogen) atoms. The van der Waals surface area contributed by atoms with E-state index in [-0.39, 0.29) is 0 Å². The average Bonchev–Trinajstić information content (AvgIpc) is 2.48. The highest BCUT2D eigenvalue weighted by Gasteiger charge is 2.01. The number of hydrogen-bond donors (Lipinski definition) is 0. The first kappa shape index (κ1) is 12.2. The fourth-order valence-electron chi connectivity index (χ4n) is 0.558. The second kappa shape index (κ2) is 11.4. The molecule has 0 aliphatic carbocycles. The summed E-state index contributed by atoms with van der Waals surface area (Å²) in [7, 11) is 0. The molecule has 0 saturated carbocycles. The van der Waals surface area contributed by atoms with Gasteiger partial charge in [0.2, 0.25) is 0 Å². The van der Waals surface area contributed by atoms with Gasteiger partial charge in [0.05, 0.1) is 12.4 Å². The largest absolute Gasteiger partial charge is 0.499 e. The third kappa shape index (κ3) is 7.54. The number of hydrogen-bond acceptors (Lipinski definition) is 1. The molecule has 0 unspecified atom stereocenters. The standard InChI is InChI=1S/C5H8O.2C2H6/c1-5-3-2-4-6-5;2*1-2/h1-4H2;2*1-2H3. The van der Waals surface area contributed by atoms with Gasteiger partial charge in [0.15, 0.2) is 0 Å². The highest BCUT2D eigenvalue weighted by atomic mass is 16.5. The van der Waals surface area contributed by atoms with Crippen LogP contribution in [0.3, 0.4) is 0 Å². The van der Waals surface area contributed by atoms with Gasteiger partial charge < -0.3 is 4.74 Å². The van der Waals surface area contributed by atoms with Gasteiger partial charge in [0, 0.05) is 6.42 Å². The van der Waals surface area contributed by atoms with Crippen molar-refractivity contribution in [1.82, 2.24) is 0 Å². The van der Waals surface area contributed by atoms with E-state index in [2.05, 4.69) is 6.58 Å². The average molecular weight is 144 g/mol. The molecule has 0 bridgehead atoms. The lowest BCUT2D eigenvalue weighted by molar-refractivity contribution is 0.265. The minimum atomic E-state index is 0.888. The van der Waals surface area contributed by atoms with Crippen LogP contribution in [0.4, 0.5) is 0 Å². The first-order valence-electron chi connectivity index (χ1n) is 4.20. The number of ether oxygens (including phenoxy) is 1. The number of allylic oxidation sites excluding steroid dienone is 1. The van der Waals surface area contributed by atoms with E-state index >= 15 is 0 Å². The van der Waals surface area contributed by atoms with E-state index in [1.54, 1.807) is 0 Å². The zero-order chi connectivity index (χ0) is 8.41. The molecule has 1 heteroatoms. The van der Waals surface area contributed by atoms with Crippen molar-refractivity contribution in [2.45, 2.75) is 40.5 Å². The van der Waals surface area contributed by atoms with E-state index in [0.717, 1.165) is 18.8 Å². The molecule has 1 heterocycles. The minimum absolute atomic E-state index is 0.888. The van der Waals surface area contributed by atoms with E-state index in [4.69, 9.17) is 4.74 Å². The zero-order valence-corrected chi connectivity index (χ0v) is 7.74. The fraction of sp³-hybridized carbons (Fsp3) is 0.778. The molecular formula is C9H20O. The van der Waals surface area contributed by atoms with Gasteiger partial charge in [-0.1, -0.05) is 34.3 Å². The summed E-state index contributed by atoms with van der Waals surface area (Å²) in [4.78, 5) is 0. The van der Waals surface area contributed by atoms with Crippen molar-refractivity contribution in [3.05, 3.63) is 12.3 Å². The van der Waals surface area contributed by atoms with Crippen molar-refractivity contribution in [1.29, 1.82) is 0 Å². The highest BCUT2D eigenvalue weighted by Crippen LogP contribution is 2.11. The molecule has 1 nitrogen and oxygen atoms in total. The van der Waals surface area contributed by atoms with Crippen molar-refractivity contribution in [2.24, 2.45) is 0 Å². The molecule has 62 valence electrons. The SMILES string of the molecule is C=C1CCCO1.CC.CC. The predicted octanol–water partition coefficient (Wildman–Crippen LogP) is 3.36. The molecular weight excluding hydrogens is 124 g/mol. The van der Waals surface area contributed by atoms with E-state index in [0.29, 0.717) is 0 Å². The van der Waals surface area contributed by atoms with Gasteiger partial charge in [-0.25, -0.2) is 0 Å². The lowest BCUT2D eigenvalue weighted by Crippen LogP contribution is -1.72. The molecule has 0 amide bonds. The Morgan fingerprint density at radius 1 is 1.20 bits per heavy atom. The Morgan fingerprint density at radius 3 is 1.80 bits per heavy atom. The summed E-state index contributed by atoms with van der Waals surface area (Å²) < 4.78 is 4.96. The Balaban J connectivity index is 0. The van der Waals surface area contributed by atoms with E-state index < -0.39 is 0 Å². The first-order chi connectivity index (χ1) is 4.89. The third-order valence-corrected chi connectivity index (χ3v) is 0.906. The second-order valence-corrected chi connectivity index (χ2v) is 1.49. The summed E-state index contributed by atoms with van der Waals surface area (Å²) >= 11 is 0.